The molecule has 0 bridgehead atoms. The molecule has 1 unspecified atom stereocenters. The highest BCUT2D eigenvalue weighted by atomic mass is 32.2. The fraction of sp³-hybridized carbons (Fsp3) is 0.533. The molecule has 0 spiro atoms. The molecule has 0 heterocycles. The summed E-state index contributed by atoms with van der Waals surface area (Å²) < 4.78 is 5.10. The van der Waals surface area contributed by atoms with Crippen LogP contribution in [0.15, 0.2) is 30.3 Å². The van der Waals surface area contributed by atoms with E-state index in [2.05, 4.69) is 17.4 Å². The van der Waals surface area contributed by atoms with Crippen LogP contribution in [0.4, 0.5) is 0 Å². The summed E-state index contributed by atoms with van der Waals surface area (Å²) in [5.74, 6) is 1.73. The van der Waals surface area contributed by atoms with Crippen LogP contribution in [0, 0.1) is 0 Å². The Morgan fingerprint density at radius 3 is 2.63 bits per heavy atom. The van der Waals surface area contributed by atoms with Gasteiger partial charge in [-0.3, -0.25) is 4.79 Å². The van der Waals surface area contributed by atoms with Gasteiger partial charge in [-0.1, -0.05) is 30.3 Å². The van der Waals surface area contributed by atoms with Crippen molar-refractivity contribution in [1.29, 1.82) is 0 Å². The van der Waals surface area contributed by atoms with Gasteiger partial charge in [-0.15, -0.1) is 0 Å². The molecule has 19 heavy (non-hydrogen) atoms. The third kappa shape index (κ3) is 5.25. The molecule has 1 aromatic carbocycles. The van der Waals surface area contributed by atoms with Crippen molar-refractivity contribution in [1.82, 2.24) is 5.32 Å². The van der Waals surface area contributed by atoms with Crippen molar-refractivity contribution in [2.24, 2.45) is 0 Å². The van der Waals surface area contributed by atoms with Gasteiger partial charge >= 0.3 is 5.97 Å². The zero-order valence-corrected chi connectivity index (χ0v) is 12.8. The summed E-state index contributed by atoms with van der Waals surface area (Å²) in [5, 5.41) is 3.07. The maximum absolute atomic E-state index is 11.9. The van der Waals surface area contributed by atoms with Crippen LogP contribution in [0.1, 0.15) is 25.8 Å². The lowest BCUT2D eigenvalue weighted by atomic mass is 10.00. The van der Waals surface area contributed by atoms with Crippen LogP contribution in [0.25, 0.3) is 0 Å². The second kappa shape index (κ2) is 8.23. The maximum Gasteiger partial charge on any atom is 0.326 e. The summed E-state index contributed by atoms with van der Waals surface area (Å²) in [6.07, 6.45) is 0.764. The van der Waals surface area contributed by atoms with Crippen molar-refractivity contribution in [2.75, 3.05) is 19.4 Å². The van der Waals surface area contributed by atoms with Gasteiger partial charge in [-0.25, -0.2) is 0 Å². The topological polar surface area (TPSA) is 38.3 Å². The van der Waals surface area contributed by atoms with E-state index in [9.17, 15) is 4.79 Å². The first-order chi connectivity index (χ1) is 9.12. The van der Waals surface area contributed by atoms with Crippen molar-refractivity contribution in [2.45, 2.75) is 31.6 Å². The van der Waals surface area contributed by atoms with Crippen LogP contribution in [0.3, 0.4) is 0 Å². The SMILES string of the molecule is CCOC(=O)C(C)(CCSCc1ccccc1)NC. The van der Waals surface area contributed by atoms with Crippen LogP contribution in [-0.4, -0.2) is 30.9 Å². The molecule has 3 nitrogen and oxygen atoms in total. The van der Waals surface area contributed by atoms with Gasteiger partial charge in [0.2, 0.25) is 0 Å². The Hall–Kier alpha value is -1.00. The lowest BCUT2D eigenvalue weighted by Crippen LogP contribution is -2.49. The number of thioether (sulfide) groups is 1. The molecule has 0 amide bonds. The van der Waals surface area contributed by atoms with E-state index < -0.39 is 5.54 Å². The molecule has 1 aromatic rings. The van der Waals surface area contributed by atoms with Gasteiger partial charge in [0.1, 0.15) is 5.54 Å². The first-order valence-electron chi connectivity index (χ1n) is 6.60. The molecule has 0 aromatic heterocycles. The molecule has 4 heteroatoms. The van der Waals surface area contributed by atoms with Gasteiger partial charge in [-0.2, -0.15) is 11.8 Å². The highest BCUT2D eigenvalue weighted by Gasteiger charge is 2.32. The minimum absolute atomic E-state index is 0.169. The molecular weight excluding hydrogens is 258 g/mol. The Bertz CT molecular complexity index is 383. The van der Waals surface area contributed by atoms with E-state index in [4.69, 9.17) is 4.74 Å². The Kier molecular flexibility index (Phi) is 6.95. The fourth-order valence-electron chi connectivity index (χ4n) is 1.66. The van der Waals surface area contributed by atoms with Crippen molar-refractivity contribution < 1.29 is 9.53 Å². The summed E-state index contributed by atoms with van der Waals surface area (Å²) in [6.45, 7) is 4.15. The normalized spacial score (nSPS) is 13.8. The van der Waals surface area contributed by atoms with Crippen molar-refractivity contribution in [3.05, 3.63) is 35.9 Å². The first kappa shape index (κ1) is 16.1. The number of nitrogens with one attached hydrogen (secondary N) is 1. The number of esters is 1. The summed E-state index contributed by atoms with van der Waals surface area (Å²) >= 11 is 1.84. The maximum atomic E-state index is 11.9. The van der Waals surface area contributed by atoms with E-state index in [1.807, 2.05) is 43.8 Å². The Labute approximate surface area is 120 Å². The van der Waals surface area contributed by atoms with Crippen LogP contribution in [0.2, 0.25) is 0 Å². The molecular formula is C15H23NO2S. The number of hydrogen-bond donors (Lipinski definition) is 1. The molecule has 0 fully saturated rings. The third-order valence-electron chi connectivity index (χ3n) is 3.14. The van der Waals surface area contributed by atoms with Gasteiger partial charge in [0.25, 0.3) is 0 Å². The van der Waals surface area contributed by atoms with E-state index in [1.165, 1.54) is 5.56 Å². The smallest absolute Gasteiger partial charge is 0.326 e. The monoisotopic (exact) mass is 281 g/mol. The molecule has 1 rings (SSSR count). The highest BCUT2D eigenvalue weighted by molar-refractivity contribution is 7.98. The second-order valence-electron chi connectivity index (χ2n) is 4.59. The number of carbonyl (C=O) groups is 1. The molecule has 1 N–H and O–H groups in total. The van der Waals surface area contributed by atoms with E-state index in [0.717, 1.165) is 17.9 Å². The first-order valence-corrected chi connectivity index (χ1v) is 7.75. The van der Waals surface area contributed by atoms with Crippen LogP contribution in [-0.2, 0) is 15.3 Å². The van der Waals surface area contributed by atoms with Crippen molar-refractivity contribution >= 4 is 17.7 Å². The number of carbonyl (C=O) groups excluding carboxylic acids is 1. The molecule has 106 valence electrons. The van der Waals surface area contributed by atoms with E-state index >= 15 is 0 Å². The summed E-state index contributed by atoms with van der Waals surface area (Å²) in [5.41, 5.74) is 0.731. The molecule has 1 atom stereocenters. The predicted molar refractivity (Wildman–Crippen MR) is 81.3 cm³/mol. The number of benzene rings is 1. The summed E-state index contributed by atoms with van der Waals surface area (Å²) in [6, 6.07) is 10.4. The zero-order valence-electron chi connectivity index (χ0n) is 11.9. The minimum Gasteiger partial charge on any atom is -0.465 e. The second-order valence-corrected chi connectivity index (χ2v) is 5.70. The summed E-state index contributed by atoms with van der Waals surface area (Å²) in [4.78, 5) is 11.9. The standard InChI is InChI=1S/C15H23NO2S/c1-4-18-14(17)15(2,16-3)10-11-19-12-13-8-6-5-7-9-13/h5-9,16H,4,10-12H2,1-3H3. The number of ether oxygens (including phenoxy) is 1. The molecule has 0 saturated carbocycles. The van der Waals surface area contributed by atoms with Gasteiger partial charge in [-0.05, 0) is 38.6 Å². The predicted octanol–water partition coefficient (Wildman–Crippen LogP) is 2.85. The quantitative estimate of drug-likeness (QED) is 0.587. The number of hydrogen-bond acceptors (Lipinski definition) is 4. The van der Waals surface area contributed by atoms with E-state index in [-0.39, 0.29) is 5.97 Å². The van der Waals surface area contributed by atoms with E-state index in [0.29, 0.717) is 6.61 Å². The van der Waals surface area contributed by atoms with Crippen molar-refractivity contribution in [3.8, 4) is 0 Å². The Morgan fingerprint density at radius 2 is 2.05 bits per heavy atom. The Morgan fingerprint density at radius 1 is 1.37 bits per heavy atom. The lowest BCUT2D eigenvalue weighted by Gasteiger charge is -2.26. The average Bonchev–Trinajstić information content (AvgIpc) is 2.44. The van der Waals surface area contributed by atoms with Gasteiger partial charge in [0.15, 0.2) is 0 Å². The van der Waals surface area contributed by atoms with E-state index in [1.54, 1.807) is 7.05 Å². The van der Waals surface area contributed by atoms with Crippen molar-refractivity contribution in [3.63, 3.8) is 0 Å². The number of likely N-dealkylation sites (N-methyl/N-ethyl adjacent to an activating group) is 1. The molecule has 0 aliphatic rings. The fourth-order valence-corrected chi connectivity index (χ4v) is 2.79. The van der Waals surface area contributed by atoms with Crippen LogP contribution in [0.5, 0.6) is 0 Å². The lowest BCUT2D eigenvalue weighted by molar-refractivity contribution is -0.150. The van der Waals surface area contributed by atoms with Crippen LogP contribution >= 0.6 is 11.8 Å². The molecule has 0 radical (unpaired) electrons. The van der Waals surface area contributed by atoms with Gasteiger partial charge in [0, 0.05) is 5.75 Å². The van der Waals surface area contributed by atoms with Gasteiger partial charge < -0.3 is 10.1 Å². The zero-order chi connectivity index (χ0) is 14.1. The van der Waals surface area contributed by atoms with Crippen LogP contribution < -0.4 is 5.32 Å². The minimum atomic E-state index is -0.584. The highest BCUT2D eigenvalue weighted by Crippen LogP contribution is 2.19. The Balaban J connectivity index is 2.35. The molecule has 0 saturated heterocycles. The average molecular weight is 281 g/mol. The molecule has 0 aliphatic heterocycles. The largest absolute Gasteiger partial charge is 0.465 e. The van der Waals surface area contributed by atoms with Gasteiger partial charge in [0.05, 0.1) is 6.61 Å². The third-order valence-corrected chi connectivity index (χ3v) is 4.17. The number of rotatable bonds is 8. The molecule has 0 aliphatic carbocycles. The summed E-state index contributed by atoms with van der Waals surface area (Å²) in [7, 11) is 1.80.